The summed E-state index contributed by atoms with van der Waals surface area (Å²) < 4.78 is 10.4. The van der Waals surface area contributed by atoms with Gasteiger partial charge in [-0.1, -0.05) is 0 Å². The molecule has 0 heterocycles. The van der Waals surface area contributed by atoms with Gasteiger partial charge in [0.2, 0.25) is 0 Å². The van der Waals surface area contributed by atoms with E-state index in [0.29, 0.717) is 23.7 Å². The van der Waals surface area contributed by atoms with Crippen LogP contribution in [0.25, 0.3) is 0 Å². The van der Waals surface area contributed by atoms with Crippen LogP contribution in [0.5, 0.6) is 11.5 Å². The molecular formula is C11H14O3. The fourth-order valence-corrected chi connectivity index (χ4v) is 1.22. The minimum Gasteiger partial charge on any atom is -0.496 e. The second-order valence-corrected chi connectivity index (χ2v) is 2.85. The van der Waals surface area contributed by atoms with Gasteiger partial charge in [-0.25, -0.2) is 0 Å². The number of carbonyl (C=O) groups is 1. The van der Waals surface area contributed by atoms with Gasteiger partial charge in [0, 0.05) is 6.07 Å². The van der Waals surface area contributed by atoms with Crippen LogP contribution in [0.15, 0.2) is 18.2 Å². The molecule has 0 radical (unpaired) electrons. The Hall–Kier alpha value is -1.51. The highest BCUT2D eigenvalue weighted by Gasteiger charge is 2.08. The van der Waals surface area contributed by atoms with E-state index in [0.717, 1.165) is 0 Å². The van der Waals surface area contributed by atoms with E-state index in [1.807, 2.05) is 6.92 Å². The third-order valence-corrected chi connectivity index (χ3v) is 1.86. The molecule has 1 aromatic rings. The zero-order valence-electron chi connectivity index (χ0n) is 8.66. The summed E-state index contributed by atoms with van der Waals surface area (Å²) in [5.41, 5.74) is 0.580. The van der Waals surface area contributed by atoms with Gasteiger partial charge in [0.05, 0.1) is 19.3 Å². The molecule has 76 valence electrons. The van der Waals surface area contributed by atoms with Crippen LogP contribution in [0.4, 0.5) is 0 Å². The van der Waals surface area contributed by atoms with Crippen molar-refractivity contribution in [3.63, 3.8) is 0 Å². The molecule has 0 bridgehead atoms. The molecule has 0 aliphatic rings. The minimum absolute atomic E-state index is 0.00935. The predicted molar refractivity (Wildman–Crippen MR) is 54.2 cm³/mol. The van der Waals surface area contributed by atoms with Crippen molar-refractivity contribution in [3.8, 4) is 11.5 Å². The summed E-state index contributed by atoms with van der Waals surface area (Å²) in [6, 6.07) is 5.20. The molecule has 0 amide bonds. The molecule has 0 atom stereocenters. The molecule has 3 nitrogen and oxygen atoms in total. The third-order valence-electron chi connectivity index (χ3n) is 1.86. The standard InChI is InChI=1S/C11H14O3/c1-4-14-9-5-6-10(8(2)12)11(7-9)13-3/h5-7H,4H2,1-3H3. The van der Waals surface area contributed by atoms with Crippen LogP contribution in [0.2, 0.25) is 0 Å². The molecule has 0 fully saturated rings. The van der Waals surface area contributed by atoms with E-state index in [1.54, 1.807) is 18.2 Å². The quantitative estimate of drug-likeness (QED) is 0.690. The summed E-state index contributed by atoms with van der Waals surface area (Å²) in [4.78, 5) is 11.2. The van der Waals surface area contributed by atoms with Crippen molar-refractivity contribution in [2.24, 2.45) is 0 Å². The third kappa shape index (κ3) is 2.25. The van der Waals surface area contributed by atoms with Crippen LogP contribution >= 0.6 is 0 Å². The number of methoxy groups -OCH3 is 1. The summed E-state index contributed by atoms with van der Waals surface area (Å²) in [5.74, 6) is 1.27. The number of rotatable bonds is 4. The molecule has 0 aliphatic carbocycles. The second-order valence-electron chi connectivity index (χ2n) is 2.85. The topological polar surface area (TPSA) is 35.5 Å². The normalized spacial score (nSPS) is 9.64. The smallest absolute Gasteiger partial charge is 0.163 e. The molecule has 0 saturated carbocycles. The molecule has 0 aromatic heterocycles. The Morgan fingerprint density at radius 2 is 2.14 bits per heavy atom. The Labute approximate surface area is 83.6 Å². The fraction of sp³-hybridized carbons (Fsp3) is 0.364. The van der Waals surface area contributed by atoms with Crippen LogP contribution in [-0.4, -0.2) is 19.5 Å². The lowest BCUT2D eigenvalue weighted by atomic mass is 10.1. The van der Waals surface area contributed by atoms with Crippen molar-refractivity contribution in [3.05, 3.63) is 23.8 Å². The van der Waals surface area contributed by atoms with Crippen LogP contribution in [-0.2, 0) is 0 Å². The van der Waals surface area contributed by atoms with Gasteiger partial charge in [0.1, 0.15) is 11.5 Å². The van der Waals surface area contributed by atoms with Gasteiger partial charge >= 0.3 is 0 Å². The molecule has 1 aromatic carbocycles. The number of hydrogen-bond donors (Lipinski definition) is 0. The summed E-state index contributed by atoms with van der Waals surface area (Å²) in [6.07, 6.45) is 0. The Kier molecular flexibility index (Phi) is 3.51. The predicted octanol–water partition coefficient (Wildman–Crippen LogP) is 2.30. The molecule has 14 heavy (non-hydrogen) atoms. The molecule has 0 N–H and O–H groups in total. The molecule has 0 saturated heterocycles. The van der Waals surface area contributed by atoms with E-state index >= 15 is 0 Å². The molecule has 0 unspecified atom stereocenters. The average Bonchev–Trinajstić information content (AvgIpc) is 2.17. The first kappa shape index (κ1) is 10.6. The Morgan fingerprint density at radius 3 is 2.64 bits per heavy atom. The van der Waals surface area contributed by atoms with Crippen molar-refractivity contribution in [1.82, 2.24) is 0 Å². The molecule has 0 aliphatic heterocycles. The van der Waals surface area contributed by atoms with Crippen LogP contribution < -0.4 is 9.47 Å². The summed E-state index contributed by atoms with van der Waals surface area (Å²) >= 11 is 0. The first-order valence-corrected chi connectivity index (χ1v) is 4.50. The van der Waals surface area contributed by atoms with Crippen LogP contribution in [0.3, 0.4) is 0 Å². The molecular weight excluding hydrogens is 180 g/mol. The van der Waals surface area contributed by atoms with Gasteiger partial charge < -0.3 is 9.47 Å². The van der Waals surface area contributed by atoms with Gasteiger partial charge in [-0.15, -0.1) is 0 Å². The van der Waals surface area contributed by atoms with Crippen molar-refractivity contribution < 1.29 is 14.3 Å². The summed E-state index contributed by atoms with van der Waals surface area (Å²) in [6.45, 7) is 4.02. The monoisotopic (exact) mass is 194 g/mol. The van der Waals surface area contributed by atoms with E-state index in [9.17, 15) is 4.79 Å². The maximum Gasteiger partial charge on any atom is 0.163 e. The molecule has 0 spiro atoms. The fourth-order valence-electron chi connectivity index (χ4n) is 1.22. The van der Waals surface area contributed by atoms with Gasteiger partial charge in [-0.05, 0) is 26.0 Å². The van der Waals surface area contributed by atoms with Gasteiger partial charge in [-0.3, -0.25) is 4.79 Å². The van der Waals surface area contributed by atoms with Crippen LogP contribution in [0.1, 0.15) is 24.2 Å². The molecule has 1 rings (SSSR count). The zero-order valence-corrected chi connectivity index (χ0v) is 8.66. The van der Waals surface area contributed by atoms with Crippen LogP contribution in [0, 0.1) is 0 Å². The number of ether oxygens (including phenoxy) is 2. The number of ketones is 1. The first-order valence-electron chi connectivity index (χ1n) is 4.50. The van der Waals surface area contributed by atoms with E-state index < -0.39 is 0 Å². The lowest BCUT2D eigenvalue weighted by Gasteiger charge is -2.08. The van der Waals surface area contributed by atoms with Crippen molar-refractivity contribution in [2.75, 3.05) is 13.7 Å². The Bertz CT molecular complexity index is 331. The Morgan fingerprint density at radius 1 is 1.43 bits per heavy atom. The van der Waals surface area contributed by atoms with Gasteiger partial charge in [-0.2, -0.15) is 0 Å². The van der Waals surface area contributed by atoms with Crippen molar-refractivity contribution in [1.29, 1.82) is 0 Å². The zero-order chi connectivity index (χ0) is 10.6. The number of benzene rings is 1. The van der Waals surface area contributed by atoms with Gasteiger partial charge in [0.15, 0.2) is 5.78 Å². The van der Waals surface area contributed by atoms with E-state index in [-0.39, 0.29) is 5.78 Å². The lowest BCUT2D eigenvalue weighted by molar-refractivity contribution is 0.101. The second kappa shape index (κ2) is 4.65. The summed E-state index contributed by atoms with van der Waals surface area (Å²) in [5, 5.41) is 0. The Balaban J connectivity index is 3.05. The highest BCUT2D eigenvalue weighted by atomic mass is 16.5. The maximum absolute atomic E-state index is 11.2. The van der Waals surface area contributed by atoms with Gasteiger partial charge in [0.25, 0.3) is 0 Å². The number of hydrogen-bond acceptors (Lipinski definition) is 3. The average molecular weight is 194 g/mol. The van der Waals surface area contributed by atoms with E-state index in [2.05, 4.69) is 0 Å². The maximum atomic E-state index is 11.2. The lowest BCUT2D eigenvalue weighted by Crippen LogP contribution is -1.99. The highest BCUT2D eigenvalue weighted by Crippen LogP contribution is 2.24. The SMILES string of the molecule is CCOc1ccc(C(C)=O)c(OC)c1. The largest absolute Gasteiger partial charge is 0.496 e. The summed E-state index contributed by atoms with van der Waals surface area (Å²) in [7, 11) is 1.54. The first-order chi connectivity index (χ1) is 6.69. The van der Waals surface area contributed by atoms with Crippen molar-refractivity contribution in [2.45, 2.75) is 13.8 Å². The molecule has 3 heteroatoms. The number of carbonyl (C=O) groups excluding carboxylic acids is 1. The highest BCUT2D eigenvalue weighted by molar-refractivity contribution is 5.97. The van der Waals surface area contributed by atoms with E-state index in [1.165, 1.54) is 14.0 Å². The van der Waals surface area contributed by atoms with Crippen molar-refractivity contribution >= 4 is 5.78 Å². The van der Waals surface area contributed by atoms with E-state index in [4.69, 9.17) is 9.47 Å². The number of Topliss-reactive ketones (excluding diaryl/α,β-unsaturated/α-hetero) is 1. The minimum atomic E-state index is -0.00935.